The largest absolute Gasteiger partial charge is 0.462 e. The Morgan fingerprint density at radius 3 is 1.22 bits per heavy atom. The van der Waals surface area contributed by atoms with Crippen LogP contribution in [0.25, 0.3) is 0 Å². The van der Waals surface area contributed by atoms with Gasteiger partial charge in [0.25, 0.3) is 0 Å². The van der Waals surface area contributed by atoms with E-state index < -0.39 is 6.10 Å². The normalized spacial score (nSPS) is 12.5. The van der Waals surface area contributed by atoms with Crippen LogP contribution >= 0.6 is 0 Å². The van der Waals surface area contributed by atoms with E-state index in [0.29, 0.717) is 19.4 Å². The highest BCUT2D eigenvalue weighted by Gasteiger charge is 2.17. The number of unbranched alkanes of at least 4 members (excludes halogenated alkanes) is 27. The fourth-order valence-corrected chi connectivity index (χ4v) is 7.15. The van der Waals surface area contributed by atoms with Gasteiger partial charge in [0, 0.05) is 19.4 Å². The molecular weight excluding hydrogens is 717 g/mol. The van der Waals surface area contributed by atoms with Crippen LogP contribution in [0.15, 0.2) is 48.6 Å². The lowest BCUT2D eigenvalue weighted by Crippen LogP contribution is -2.30. The van der Waals surface area contributed by atoms with Crippen molar-refractivity contribution in [3.8, 4) is 0 Å². The number of hydrogen-bond acceptors (Lipinski definition) is 5. The van der Waals surface area contributed by atoms with E-state index in [0.717, 1.165) is 77.0 Å². The van der Waals surface area contributed by atoms with Crippen molar-refractivity contribution in [3.05, 3.63) is 48.6 Å². The molecule has 0 heterocycles. The van der Waals surface area contributed by atoms with Crippen molar-refractivity contribution in [1.82, 2.24) is 0 Å². The summed E-state index contributed by atoms with van der Waals surface area (Å²) in [4.78, 5) is 25.3. The van der Waals surface area contributed by atoms with Gasteiger partial charge in [0.2, 0.25) is 0 Å². The molecule has 0 aromatic carbocycles. The molecule has 0 rings (SSSR count). The molecule has 5 heteroatoms. The summed E-state index contributed by atoms with van der Waals surface area (Å²) in [6.07, 6.45) is 59.7. The first-order valence-corrected chi connectivity index (χ1v) is 25.2. The number of carbonyl (C=O) groups is 2. The Morgan fingerprint density at radius 1 is 0.397 bits per heavy atom. The molecule has 338 valence electrons. The number of allylic oxidation sites excluding steroid dienone is 8. The summed E-state index contributed by atoms with van der Waals surface area (Å²) in [5, 5.41) is 0. The van der Waals surface area contributed by atoms with Gasteiger partial charge in [-0.3, -0.25) is 9.59 Å². The molecule has 0 saturated heterocycles. The van der Waals surface area contributed by atoms with Crippen LogP contribution in [-0.4, -0.2) is 37.9 Å². The number of hydrogen-bond donors (Lipinski definition) is 0. The summed E-state index contributed by atoms with van der Waals surface area (Å²) in [5.74, 6) is -0.404. The molecule has 0 bridgehead atoms. The maximum Gasteiger partial charge on any atom is 0.306 e. The topological polar surface area (TPSA) is 61.8 Å². The lowest BCUT2D eigenvalue weighted by atomic mass is 10.0. The van der Waals surface area contributed by atoms with Gasteiger partial charge in [0.1, 0.15) is 6.61 Å². The molecule has 0 spiro atoms. The molecule has 0 saturated carbocycles. The van der Waals surface area contributed by atoms with Gasteiger partial charge in [-0.2, -0.15) is 0 Å². The molecule has 0 aliphatic heterocycles. The molecule has 58 heavy (non-hydrogen) atoms. The third kappa shape index (κ3) is 46.5. The maximum absolute atomic E-state index is 12.8. The molecule has 0 aliphatic carbocycles. The van der Waals surface area contributed by atoms with Crippen LogP contribution in [0.5, 0.6) is 0 Å². The second-order valence-electron chi connectivity index (χ2n) is 16.7. The van der Waals surface area contributed by atoms with Crippen molar-refractivity contribution < 1.29 is 23.8 Å². The summed E-state index contributed by atoms with van der Waals surface area (Å²) in [6.45, 7) is 7.67. The number of carbonyl (C=O) groups excluding carboxylic acids is 2. The van der Waals surface area contributed by atoms with Gasteiger partial charge in [0.05, 0.1) is 6.61 Å². The second kappa shape index (κ2) is 49.2. The first-order valence-electron chi connectivity index (χ1n) is 25.2. The molecule has 0 amide bonds. The van der Waals surface area contributed by atoms with Crippen LogP contribution in [0, 0.1) is 0 Å². The van der Waals surface area contributed by atoms with Crippen LogP contribution < -0.4 is 0 Å². The SMILES string of the molecule is CC/C=C\C/C=C\C/C=C\C/C=C\CCCCCOCC(COC(=O)CCCCCCCCCCCCCCC)OC(=O)CCCCCCCCCCCCCCC. The highest BCUT2D eigenvalue weighted by molar-refractivity contribution is 5.70. The maximum atomic E-state index is 12.8. The molecule has 1 atom stereocenters. The van der Waals surface area contributed by atoms with Gasteiger partial charge in [-0.05, 0) is 57.8 Å². The Hall–Kier alpha value is -2.14. The fourth-order valence-electron chi connectivity index (χ4n) is 7.15. The van der Waals surface area contributed by atoms with E-state index in [-0.39, 0.29) is 25.2 Å². The van der Waals surface area contributed by atoms with Gasteiger partial charge in [0.15, 0.2) is 6.10 Å². The monoisotopic (exact) mass is 813 g/mol. The molecule has 0 N–H and O–H groups in total. The van der Waals surface area contributed by atoms with Crippen molar-refractivity contribution in [1.29, 1.82) is 0 Å². The number of esters is 2. The van der Waals surface area contributed by atoms with E-state index in [4.69, 9.17) is 14.2 Å². The van der Waals surface area contributed by atoms with Crippen molar-refractivity contribution in [2.45, 2.75) is 258 Å². The molecule has 5 nitrogen and oxygen atoms in total. The first kappa shape index (κ1) is 55.9. The number of rotatable bonds is 46. The molecule has 0 aromatic heterocycles. The minimum atomic E-state index is -0.547. The molecule has 0 aromatic rings. The van der Waals surface area contributed by atoms with Crippen LogP contribution in [0.1, 0.15) is 252 Å². The molecule has 0 aliphatic rings. The van der Waals surface area contributed by atoms with Crippen LogP contribution in [-0.2, 0) is 23.8 Å². The zero-order chi connectivity index (χ0) is 42.1. The summed E-state index contributed by atoms with van der Waals surface area (Å²) in [5.41, 5.74) is 0. The number of ether oxygens (including phenoxy) is 3. The summed E-state index contributed by atoms with van der Waals surface area (Å²) < 4.78 is 17.4. The van der Waals surface area contributed by atoms with Gasteiger partial charge >= 0.3 is 11.9 Å². The van der Waals surface area contributed by atoms with Crippen LogP contribution in [0.3, 0.4) is 0 Å². The second-order valence-corrected chi connectivity index (χ2v) is 16.7. The minimum absolute atomic E-state index is 0.0768. The van der Waals surface area contributed by atoms with E-state index in [2.05, 4.69) is 69.4 Å². The van der Waals surface area contributed by atoms with Gasteiger partial charge in [-0.25, -0.2) is 0 Å². The average molecular weight is 813 g/mol. The highest BCUT2D eigenvalue weighted by atomic mass is 16.6. The van der Waals surface area contributed by atoms with Crippen molar-refractivity contribution in [3.63, 3.8) is 0 Å². The van der Waals surface area contributed by atoms with Crippen LogP contribution in [0.2, 0.25) is 0 Å². The first-order chi connectivity index (χ1) is 28.6. The Labute approximate surface area is 361 Å². The molecule has 0 fully saturated rings. The minimum Gasteiger partial charge on any atom is -0.462 e. The zero-order valence-corrected chi connectivity index (χ0v) is 38.8. The van der Waals surface area contributed by atoms with Crippen LogP contribution in [0.4, 0.5) is 0 Å². The van der Waals surface area contributed by atoms with E-state index in [1.54, 1.807) is 0 Å². The summed E-state index contributed by atoms with van der Waals surface area (Å²) in [7, 11) is 0. The molecule has 1 unspecified atom stereocenters. The highest BCUT2D eigenvalue weighted by Crippen LogP contribution is 2.15. The smallest absolute Gasteiger partial charge is 0.306 e. The lowest BCUT2D eigenvalue weighted by Gasteiger charge is -2.18. The van der Waals surface area contributed by atoms with E-state index >= 15 is 0 Å². The quantitative estimate of drug-likeness (QED) is 0.0348. The third-order valence-electron chi connectivity index (χ3n) is 10.9. The van der Waals surface area contributed by atoms with Crippen molar-refractivity contribution >= 4 is 11.9 Å². The molecule has 0 radical (unpaired) electrons. The molecular formula is C53H96O5. The Balaban J connectivity index is 4.30. The Morgan fingerprint density at radius 2 is 0.776 bits per heavy atom. The summed E-state index contributed by atoms with van der Waals surface area (Å²) >= 11 is 0. The van der Waals surface area contributed by atoms with E-state index in [1.807, 2.05) is 0 Å². The predicted molar refractivity (Wildman–Crippen MR) is 251 cm³/mol. The van der Waals surface area contributed by atoms with E-state index in [1.165, 1.54) is 141 Å². The van der Waals surface area contributed by atoms with Crippen molar-refractivity contribution in [2.24, 2.45) is 0 Å². The average Bonchev–Trinajstić information content (AvgIpc) is 3.22. The van der Waals surface area contributed by atoms with E-state index in [9.17, 15) is 9.59 Å². The predicted octanol–water partition coefficient (Wildman–Crippen LogP) is 16.8. The zero-order valence-electron chi connectivity index (χ0n) is 38.8. The fraction of sp³-hybridized carbons (Fsp3) is 0.811. The third-order valence-corrected chi connectivity index (χ3v) is 10.9. The van der Waals surface area contributed by atoms with Crippen molar-refractivity contribution in [2.75, 3.05) is 19.8 Å². The lowest BCUT2D eigenvalue weighted by molar-refractivity contribution is -0.163. The van der Waals surface area contributed by atoms with Gasteiger partial charge in [-0.1, -0.05) is 230 Å². The summed E-state index contributed by atoms with van der Waals surface area (Å²) in [6, 6.07) is 0. The standard InChI is InChI=1S/C53H96O5/c1-4-7-10-13-16-19-22-25-26-27-30-33-36-39-42-45-48-56-49-51(58-53(55)47-44-41-38-35-32-29-24-21-18-15-12-9-6-3)50-57-52(54)46-43-40-37-34-31-28-23-20-17-14-11-8-5-2/h7,10,16,19,25-26,30,33,51H,4-6,8-9,11-15,17-18,20-24,27-29,31-32,34-50H2,1-3H3/b10-7-,19-16-,26-25-,33-30-. The van der Waals surface area contributed by atoms with Gasteiger partial charge in [-0.15, -0.1) is 0 Å². The Bertz CT molecular complexity index is 966. The van der Waals surface area contributed by atoms with Gasteiger partial charge < -0.3 is 14.2 Å². The Kier molecular flexibility index (Phi) is 47.4.